The Labute approximate surface area is 121 Å². The average molecular weight is 335 g/mol. The summed E-state index contributed by atoms with van der Waals surface area (Å²) in [6, 6.07) is 5.35. The molecule has 0 bridgehead atoms. The Morgan fingerprint density at radius 2 is 2.06 bits per heavy atom. The van der Waals surface area contributed by atoms with Crippen molar-refractivity contribution in [3.8, 4) is 0 Å². The maximum Gasteiger partial charge on any atom is 0.305 e. The maximum atomic E-state index is 11.0. The first kappa shape index (κ1) is 15.5. The number of hydrogen-bond donors (Lipinski definition) is 1. The van der Waals surface area contributed by atoms with Crippen LogP contribution in [0, 0.1) is 0 Å². The van der Waals surface area contributed by atoms with E-state index in [1.165, 1.54) is 0 Å². The lowest BCUT2D eigenvalue weighted by Gasteiger charge is -2.29. The molecule has 1 aromatic carbocycles. The van der Waals surface area contributed by atoms with Crippen LogP contribution >= 0.6 is 27.5 Å². The molecule has 0 aliphatic heterocycles. The van der Waals surface area contributed by atoms with Gasteiger partial charge in [0.1, 0.15) is 0 Å². The van der Waals surface area contributed by atoms with Gasteiger partial charge in [0.15, 0.2) is 0 Å². The van der Waals surface area contributed by atoms with E-state index in [4.69, 9.17) is 16.7 Å². The number of carboxylic acid groups (broad SMARTS) is 1. The van der Waals surface area contributed by atoms with Crippen LogP contribution in [0.3, 0.4) is 0 Å². The SMILES string of the molecule is CCN(CC)C(CC(=O)O)c1cc(Br)ccc1Cl. The van der Waals surface area contributed by atoms with Crippen molar-refractivity contribution in [3.05, 3.63) is 33.3 Å². The molecule has 0 spiro atoms. The minimum atomic E-state index is -0.817. The van der Waals surface area contributed by atoms with E-state index in [1.807, 2.05) is 26.0 Å². The Hall–Kier alpha value is -0.580. The molecule has 18 heavy (non-hydrogen) atoms. The third-order valence-corrected chi connectivity index (χ3v) is 3.78. The van der Waals surface area contributed by atoms with E-state index in [0.29, 0.717) is 5.02 Å². The second-order valence-corrected chi connectivity index (χ2v) is 5.32. The molecule has 0 saturated carbocycles. The van der Waals surface area contributed by atoms with Crippen LogP contribution in [0.15, 0.2) is 22.7 Å². The molecule has 1 aromatic rings. The predicted octanol–water partition coefficient (Wildman–Crippen LogP) is 3.96. The minimum absolute atomic E-state index is 0.0534. The van der Waals surface area contributed by atoms with Gasteiger partial charge in [-0.1, -0.05) is 41.4 Å². The molecule has 1 rings (SSSR count). The summed E-state index contributed by atoms with van der Waals surface area (Å²) in [6.07, 6.45) is 0.0534. The second-order valence-electron chi connectivity index (χ2n) is 4.00. The molecular formula is C13H17BrClNO2. The number of carbonyl (C=O) groups is 1. The van der Waals surface area contributed by atoms with Crippen LogP contribution in [0.1, 0.15) is 31.9 Å². The summed E-state index contributed by atoms with van der Waals surface area (Å²) in [5.74, 6) is -0.817. The monoisotopic (exact) mass is 333 g/mol. The van der Waals surface area contributed by atoms with E-state index < -0.39 is 5.97 Å². The molecule has 0 aliphatic carbocycles. The van der Waals surface area contributed by atoms with Crippen molar-refractivity contribution in [3.63, 3.8) is 0 Å². The van der Waals surface area contributed by atoms with Gasteiger partial charge in [-0.05, 0) is 36.9 Å². The summed E-state index contributed by atoms with van der Waals surface area (Å²) in [5, 5.41) is 9.67. The van der Waals surface area contributed by atoms with Crippen LogP contribution in [0.2, 0.25) is 5.02 Å². The fourth-order valence-corrected chi connectivity index (χ4v) is 2.66. The molecule has 0 aromatic heterocycles. The molecule has 5 heteroatoms. The highest BCUT2D eigenvalue weighted by Gasteiger charge is 2.23. The van der Waals surface area contributed by atoms with Crippen molar-refractivity contribution in [1.82, 2.24) is 4.90 Å². The van der Waals surface area contributed by atoms with Crippen molar-refractivity contribution >= 4 is 33.5 Å². The lowest BCUT2D eigenvalue weighted by molar-refractivity contribution is -0.138. The average Bonchev–Trinajstić information content (AvgIpc) is 2.32. The van der Waals surface area contributed by atoms with Crippen molar-refractivity contribution in [1.29, 1.82) is 0 Å². The summed E-state index contributed by atoms with van der Waals surface area (Å²) in [5.41, 5.74) is 0.858. The fraction of sp³-hybridized carbons (Fsp3) is 0.462. The van der Waals surface area contributed by atoms with E-state index in [1.54, 1.807) is 6.07 Å². The Balaban J connectivity index is 3.15. The molecule has 100 valence electrons. The van der Waals surface area contributed by atoms with Crippen LogP contribution in [0.5, 0.6) is 0 Å². The quantitative estimate of drug-likeness (QED) is 0.856. The van der Waals surface area contributed by atoms with E-state index in [0.717, 1.165) is 23.1 Å². The molecular weight excluding hydrogens is 318 g/mol. The molecule has 1 unspecified atom stereocenters. The van der Waals surface area contributed by atoms with Crippen molar-refractivity contribution < 1.29 is 9.90 Å². The number of rotatable bonds is 6. The first-order valence-corrected chi connectivity index (χ1v) is 7.07. The third kappa shape index (κ3) is 3.97. The number of carboxylic acids is 1. The topological polar surface area (TPSA) is 40.5 Å². The first-order valence-electron chi connectivity index (χ1n) is 5.90. The van der Waals surface area contributed by atoms with E-state index in [9.17, 15) is 4.79 Å². The van der Waals surface area contributed by atoms with E-state index >= 15 is 0 Å². The highest BCUT2D eigenvalue weighted by molar-refractivity contribution is 9.10. The van der Waals surface area contributed by atoms with E-state index in [2.05, 4.69) is 20.8 Å². The second kappa shape index (κ2) is 7.12. The zero-order valence-electron chi connectivity index (χ0n) is 10.5. The molecule has 0 saturated heterocycles. The van der Waals surface area contributed by atoms with Gasteiger partial charge in [0.05, 0.1) is 6.42 Å². The third-order valence-electron chi connectivity index (χ3n) is 2.94. The summed E-state index contributed by atoms with van der Waals surface area (Å²) in [7, 11) is 0. The van der Waals surface area contributed by atoms with Crippen LogP contribution in [-0.4, -0.2) is 29.1 Å². The van der Waals surface area contributed by atoms with Gasteiger partial charge in [0.25, 0.3) is 0 Å². The summed E-state index contributed by atoms with van der Waals surface area (Å²) < 4.78 is 0.907. The van der Waals surface area contributed by atoms with Crippen LogP contribution in [0.25, 0.3) is 0 Å². The number of hydrogen-bond acceptors (Lipinski definition) is 2. The Kier molecular flexibility index (Phi) is 6.12. The molecule has 0 amide bonds. The van der Waals surface area contributed by atoms with Gasteiger partial charge in [-0.15, -0.1) is 0 Å². The summed E-state index contributed by atoms with van der Waals surface area (Å²) >= 11 is 9.59. The highest BCUT2D eigenvalue weighted by Crippen LogP contribution is 2.32. The zero-order chi connectivity index (χ0) is 13.7. The lowest BCUT2D eigenvalue weighted by atomic mass is 10.0. The van der Waals surface area contributed by atoms with Crippen LogP contribution < -0.4 is 0 Å². The van der Waals surface area contributed by atoms with Crippen LogP contribution in [0.4, 0.5) is 0 Å². The summed E-state index contributed by atoms with van der Waals surface area (Å²) in [4.78, 5) is 13.1. The Morgan fingerprint density at radius 3 is 2.56 bits per heavy atom. The normalized spacial score (nSPS) is 12.7. The summed E-state index contributed by atoms with van der Waals surface area (Å²) in [6.45, 7) is 5.61. The Morgan fingerprint density at radius 1 is 1.44 bits per heavy atom. The van der Waals surface area contributed by atoms with Crippen molar-refractivity contribution in [2.75, 3.05) is 13.1 Å². The van der Waals surface area contributed by atoms with Crippen molar-refractivity contribution in [2.45, 2.75) is 26.3 Å². The molecule has 1 N–H and O–H groups in total. The van der Waals surface area contributed by atoms with Crippen LogP contribution in [-0.2, 0) is 4.79 Å². The number of aliphatic carboxylic acids is 1. The predicted molar refractivity (Wildman–Crippen MR) is 77.1 cm³/mol. The largest absolute Gasteiger partial charge is 0.481 e. The van der Waals surface area contributed by atoms with E-state index in [-0.39, 0.29) is 12.5 Å². The van der Waals surface area contributed by atoms with Gasteiger partial charge in [-0.25, -0.2) is 0 Å². The smallest absolute Gasteiger partial charge is 0.305 e. The van der Waals surface area contributed by atoms with Gasteiger partial charge in [0, 0.05) is 15.5 Å². The zero-order valence-corrected chi connectivity index (χ0v) is 12.8. The minimum Gasteiger partial charge on any atom is -0.481 e. The highest BCUT2D eigenvalue weighted by atomic mass is 79.9. The molecule has 0 fully saturated rings. The molecule has 0 heterocycles. The fourth-order valence-electron chi connectivity index (χ4n) is 2.04. The first-order chi connectivity index (χ1) is 8.49. The number of nitrogens with zero attached hydrogens (tertiary/aromatic N) is 1. The van der Waals surface area contributed by atoms with Gasteiger partial charge < -0.3 is 5.11 Å². The molecule has 0 aliphatic rings. The maximum absolute atomic E-state index is 11.0. The molecule has 0 radical (unpaired) electrons. The Bertz CT molecular complexity index is 421. The van der Waals surface area contributed by atoms with Gasteiger partial charge >= 0.3 is 5.97 Å². The number of halogens is 2. The molecule has 1 atom stereocenters. The molecule has 3 nitrogen and oxygen atoms in total. The number of benzene rings is 1. The van der Waals surface area contributed by atoms with Gasteiger partial charge in [-0.3, -0.25) is 9.69 Å². The van der Waals surface area contributed by atoms with Gasteiger partial charge in [-0.2, -0.15) is 0 Å². The van der Waals surface area contributed by atoms with Crippen molar-refractivity contribution in [2.24, 2.45) is 0 Å². The van der Waals surface area contributed by atoms with Gasteiger partial charge in [0.2, 0.25) is 0 Å². The standard InChI is InChI=1S/C13H17BrClNO2/c1-3-16(4-2)12(8-13(17)18)10-7-9(14)5-6-11(10)15/h5-7,12H,3-4,8H2,1-2H3,(H,17,18). The lowest BCUT2D eigenvalue weighted by Crippen LogP contribution is -2.30.